The normalized spacial score (nSPS) is 19.7. The van der Waals surface area contributed by atoms with E-state index in [9.17, 15) is 28.8 Å². The zero-order valence-electron chi connectivity index (χ0n) is 26.1. The molecule has 0 spiro atoms. The molecule has 46 heavy (non-hydrogen) atoms. The Bertz CT molecular complexity index is 1080. The lowest BCUT2D eigenvalue weighted by atomic mass is 10.1. The van der Waals surface area contributed by atoms with E-state index in [-0.39, 0.29) is 35.5 Å². The summed E-state index contributed by atoms with van der Waals surface area (Å²) in [5.41, 5.74) is 0.394. The second kappa shape index (κ2) is 17.7. The molecule has 2 saturated heterocycles. The average Bonchev–Trinajstić information content (AvgIpc) is 3.57. The van der Waals surface area contributed by atoms with Crippen molar-refractivity contribution in [1.82, 2.24) is 0 Å². The van der Waals surface area contributed by atoms with Crippen LogP contribution in [0.1, 0.15) is 27.7 Å². The number of hydrogen-bond acceptors (Lipinski definition) is 16. The van der Waals surface area contributed by atoms with Gasteiger partial charge in [0.1, 0.15) is 38.6 Å². The van der Waals surface area contributed by atoms with Crippen LogP contribution in [0.4, 0.5) is 9.59 Å². The molecule has 0 amide bonds. The van der Waals surface area contributed by atoms with Crippen molar-refractivity contribution >= 4 is 36.2 Å². The number of hydrogen-bond donors (Lipinski definition) is 0. The average molecular weight is 655 g/mol. The molecule has 2 fully saturated rings. The molecule has 4 atom stereocenters. The van der Waals surface area contributed by atoms with Gasteiger partial charge in [0.05, 0.1) is 13.2 Å². The lowest BCUT2D eigenvalue weighted by Crippen LogP contribution is -2.38. The zero-order chi connectivity index (χ0) is 34.6. The Morgan fingerprint density at radius 3 is 1.04 bits per heavy atom. The molecule has 0 N–H and O–H groups in total. The summed E-state index contributed by atoms with van der Waals surface area (Å²) < 4.78 is 52.3. The van der Waals surface area contributed by atoms with Gasteiger partial charge in [0.25, 0.3) is 0 Å². The number of carbonyl (C=O) groups is 6. The minimum Gasteiger partial charge on any atom is -0.458 e. The maximum atomic E-state index is 12.6. The van der Waals surface area contributed by atoms with Crippen LogP contribution in [0.3, 0.4) is 0 Å². The second-order valence-corrected chi connectivity index (χ2v) is 10.4. The molecule has 16 nitrogen and oxygen atoms in total. The van der Waals surface area contributed by atoms with Crippen molar-refractivity contribution in [3.63, 3.8) is 0 Å². The van der Waals surface area contributed by atoms with Crippen LogP contribution in [0.25, 0.3) is 0 Å². The predicted octanol–water partition coefficient (Wildman–Crippen LogP) is 2.04. The first-order valence-corrected chi connectivity index (χ1v) is 13.9. The molecule has 0 aliphatic carbocycles. The Hall–Kier alpha value is -4.70. The van der Waals surface area contributed by atoms with Crippen LogP contribution in [0.2, 0.25) is 0 Å². The van der Waals surface area contributed by atoms with Crippen LogP contribution in [0.15, 0.2) is 48.6 Å². The first kappa shape index (κ1) is 37.5. The minimum absolute atomic E-state index is 0.0985. The first-order chi connectivity index (χ1) is 21.6. The molecule has 254 valence electrons. The number of ether oxygens (including phenoxy) is 10. The van der Waals surface area contributed by atoms with Crippen molar-refractivity contribution in [2.75, 3.05) is 39.6 Å². The monoisotopic (exact) mass is 654 g/mol. The summed E-state index contributed by atoms with van der Waals surface area (Å²) in [5, 5.41) is 0. The van der Waals surface area contributed by atoms with E-state index < -0.39 is 99.2 Å². The van der Waals surface area contributed by atoms with Gasteiger partial charge in [0.2, 0.25) is 0 Å². The number of esters is 4. The van der Waals surface area contributed by atoms with Gasteiger partial charge in [0.15, 0.2) is 24.4 Å². The van der Waals surface area contributed by atoms with Gasteiger partial charge in [-0.3, -0.25) is 0 Å². The van der Waals surface area contributed by atoms with Gasteiger partial charge in [-0.15, -0.1) is 0 Å². The molecule has 0 aromatic heterocycles. The van der Waals surface area contributed by atoms with E-state index >= 15 is 0 Å². The zero-order valence-corrected chi connectivity index (χ0v) is 26.1. The highest BCUT2D eigenvalue weighted by Crippen LogP contribution is 2.31. The lowest BCUT2D eigenvalue weighted by molar-refractivity contribution is -0.150. The van der Waals surface area contributed by atoms with E-state index in [4.69, 9.17) is 47.4 Å². The Morgan fingerprint density at radius 2 is 0.804 bits per heavy atom. The topological polar surface area (TPSA) is 195 Å². The van der Waals surface area contributed by atoms with E-state index in [2.05, 4.69) is 26.3 Å². The number of rotatable bonds is 16. The fourth-order valence-corrected chi connectivity index (χ4v) is 3.61. The Morgan fingerprint density at radius 1 is 0.543 bits per heavy atom. The first-order valence-electron chi connectivity index (χ1n) is 13.9. The van der Waals surface area contributed by atoms with Gasteiger partial charge < -0.3 is 47.4 Å². The van der Waals surface area contributed by atoms with Crippen LogP contribution < -0.4 is 0 Å². The highest BCUT2D eigenvalue weighted by atomic mass is 16.8. The fourth-order valence-electron chi connectivity index (χ4n) is 3.61. The third kappa shape index (κ3) is 12.0. The fraction of sp³-hybridized carbons (Fsp3) is 0.533. The summed E-state index contributed by atoms with van der Waals surface area (Å²) in [6.45, 7) is 17.3. The molecule has 0 aromatic carbocycles. The van der Waals surface area contributed by atoms with Gasteiger partial charge in [0, 0.05) is 22.3 Å². The van der Waals surface area contributed by atoms with Gasteiger partial charge >= 0.3 is 36.2 Å². The standard InChI is InChI=1S/C30H38O16/c1-15(2)25(31)39-9-19(10-40-26(32)16(3)4)43-29(35)45-21-13-37-24-22(14-38-23(21)24)46-30(36)44-20(11-41-27(33)17(5)6)12-42-28(34)18(7)8/h19-24H,1,3,5,7,9-14H2,2,4,6,8H3/t21-,22+,23+,24?/m0/s1. The molecular formula is C30H38O16. The molecule has 2 heterocycles. The highest BCUT2D eigenvalue weighted by Gasteiger charge is 2.52. The summed E-state index contributed by atoms with van der Waals surface area (Å²) >= 11 is 0. The quantitative estimate of drug-likeness (QED) is 0.133. The van der Waals surface area contributed by atoms with Crippen molar-refractivity contribution in [2.45, 2.75) is 64.3 Å². The van der Waals surface area contributed by atoms with Crippen LogP contribution in [-0.4, -0.2) is 112 Å². The number of fused-ring (bicyclic) bond motifs is 1. The van der Waals surface area contributed by atoms with E-state index in [1.807, 2.05) is 0 Å². The van der Waals surface area contributed by atoms with Gasteiger partial charge in [-0.2, -0.15) is 0 Å². The molecule has 2 rings (SSSR count). The Balaban J connectivity index is 1.94. The largest absolute Gasteiger partial charge is 0.509 e. The molecule has 2 aliphatic heterocycles. The van der Waals surface area contributed by atoms with Crippen LogP contribution in [0, 0.1) is 0 Å². The molecule has 0 radical (unpaired) electrons. The third-order valence-corrected chi connectivity index (χ3v) is 5.98. The summed E-state index contributed by atoms with van der Waals surface area (Å²) in [6.07, 6.45) is -8.59. The molecule has 1 unspecified atom stereocenters. The Kier molecular flexibility index (Phi) is 14.4. The van der Waals surface area contributed by atoms with E-state index in [1.54, 1.807) is 0 Å². The Labute approximate surface area is 265 Å². The maximum absolute atomic E-state index is 12.6. The summed E-state index contributed by atoms with van der Waals surface area (Å²) in [6, 6.07) is 0. The molecule has 0 aromatic rings. The summed E-state index contributed by atoms with van der Waals surface area (Å²) in [4.78, 5) is 72.3. The van der Waals surface area contributed by atoms with Crippen LogP contribution in [-0.2, 0) is 66.5 Å². The van der Waals surface area contributed by atoms with Crippen LogP contribution in [0.5, 0.6) is 0 Å². The van der Waals surface area contributed by atoms with Crippen molar-refractivity contribution < 1.29 is 76.1 Å². The van der Waals surface area contributed by atoms with Crippen LogP contribution >= 0.6 is 0 Å². The smallest absolute Gasteiger partial charge is 0.458 e. The van der Waals surface area contributed by atoms with E-state index in [1.165, 1.54) is 27.7 Å². The van der Waals surface area contributed by atoms with E-state index in [0.29, 0.717) is 0 Å². The third-order valence-electron chi connectivity index (χ3n) is 5.98. The van der Waals surface area contributed by atoms with Gasteiger partial charge in [-0.25, -0.2) is 28.8 Å². The minimum atomic E-state index is -1.23. The van der Waals surface area contributed by atoms with Crippen molar-refractivity contribution in [3.8, 4) is 0 Å². The molecule has 2 aliphatic rings. The van der Waals surface area contributed by atoms with Gasteiger partial charge in [-0.1, -0.05) is 26.3 Å². The summed E-state index contributed by atoms with van der Waals surface area (Å²) in [5.74, 6) is -3.01. The SMILES string of the molecule is C=C(C)C(=O)OCC(COC(=O)C(=C)C)OC(=O)O[C@H]1COC2[C@H](OC(=O)OC(COC(=O)C(=C)C)COC(=O)C(=C)C)CO[C@@H]21. The second-order valence-electron chi connectivity index (χ2n) is 10.4. The maximum Gasteiger partial charge on any atom is 0.509 e. The van der Waals surface area contributed by atoms with Crippen molar-refractivity contribution in [2.24, 2.45) is 0 Å². The van der Waals surface area contributed by atoms with Gasteiger partial charge in [-0.05, 0) is 27.7 Å². The van der Waals surface area contributed by atoms with Crippen molar-refractivity contribution in [1.29, 1.82) is 0 Å². The highest BCUT2D eigenvalue weighted by molar-refractivity contribution is 5.88. The van der Waals surface area contributed by atoms with E-state index in [0.717, 1.165) is 0 Å². The molecule has 0 saturated carbocycles. The predicted molar refractivity (Wildman–Crippen MR) is 153 cm³/mol. The summed E-state index contributed by atoms with van der Waals surface area (Å²) in [7, 11) is 0. The van der Waals surface area contributed by atoms with Crippen molar-refractivity contribution in [3.05, 3.63) is 48.6 Å². The molecule has 16 heteroatoms. The molecular weight excluding hydrogens is 616 g/mol. The number of carbonyl (C=O) groups excluding carboxylic acids is 6. The molecule has 0 bridgehead atoms. The lowest BCUT2D eigenvalue weighted by Gasteiger charge is -2.21.